The van der Waals surface area contributed by atoms with Gasteiger partial charge < -0.3 is 15.5 Å². The highest BCUT2D eigenvalue weighted by Gasteiger charge is 2.26. The predicted molar refractivity (Wildman–Crippen MR) is 106 cm³/mol. The maximum absolute atomic E-state index is 13.5. The summed E-state index contributed by atoms with van der Waals surface area (Å²) in [6.45, 7) is 4.08. The molecule has 2 rings (SSSR count). The first kappa shape index (κ1) is 21.1. The van der Waals surface area contributed by atoms with Crippen LogP contribution in [0.1, 0.15) is 35.1 Å². The largest absolute Gasteiger partial charge is 0.352 e. The first-order chi connectivity index (χ1) is 12.8. The molecule has 0 radical (unpaired) electrons. The van der Waals surface area contributed by atoms with E-state index in [9.17, 15) is 14.0 Å². The maximum atomic E-state index is 13.5. The Hall–Kier alpha value is -2.25. The van der Waals surface area contributed by atoms with Crippen LogP contribution >= 0.6 is 11.3 Å². The van der Waals surface area contributed by atoms with E-state index in [1.54, 1.807) is 18.2 Å². The molecule has 146 valence electrons. The fraction of sp³-hybridized carbons (Fsp3) is 0.400. The Morgan fingerprint density at radius 1 is 1.19 bits per heavy atom. The molecule has 2 N–H and O–H groups in total. The summed E-state index contributed by atoms with van der Waals surface area (Å²) in [6, 6.07) is 9.05. The molecule has 0 fully saturated rings. The Morgan fingerprint density at radius 2 is 1.93 bits per heavy atom. The van der Waals surface area contributed by atoms with E-state index < -0.39 is 6.04 Å². The van der Waals surface area contributed by atoms with E-state index in [0.29, 0.717) is 11.4 Å². The Labute approximate surface area is 163 Å². The average Bonchev–Trinajstić information content (AvgIpc) is 3.13. The molecule has 27 heavy (non-hydrogen) atoms. The maximum Gasteiger partial charge on any atom is 0.262 e. The van der Waals surface area contributed by atoms with E-state index in [0.717, 1.165) is 5.56 Å². The van der Waals surface area contributed by atoms with Crippen LogP contribution in [0, 0.1) is 11.7 Å². The van der Waals surface area contributed by atoms with Gasteiger partial charge >= 0.3 is 0 Å². The summed E-state index contributed by atoms with van der Waals surface area (Å²) < 4.78 is 13.5. The zero-order valence-electron chi connectivity index (χ0n) is 16.0. The van der Waals surface area contributed by atoms with Crippen molar-refractivity contribution < 1.29 is 14.0 Å². The minimum absolute atomic E-state index is 0.0686. The van der Waals surface area contributed by atoms with Crippen LogP contribution in [-0.4, -0.2) is 43.4 Å². The van der Waals surface area contributed by atoms with Crippen molar-refractivity contribution in [3.05, 3.63) is 58.0 Å². The SMILES string of the molecule is CC(C)C(NC(=O)c1cccs1)C(=O)NCC(c1cccc(F)c1)N(C)C. The number of hydrogen-bond donors (Lipinski definition) is 2. The van der Waals surface area contributed by atoms with Gasteiger partial charge in [-0.05, 0) is 49.2 Å². The number of thiophene rings is 1. The Bertz CT molecular complexity index is 762. The number of likely N-dealkylation sites (N-methyl/N-ethyl adjacent to an activating group) is 1. The van der Waals surface area contributed by atoms with E-state index in [4.69, 9.17) is 0 Å². The minimum Gasteiger partial charge on any atom is -0.352 e. The average molecular weight is 392 g/mol. The lowest BCUT2D eigenvalue weighted by atomic mass is 10.0. The molecule has 7 heteroatoms. The lowest BCUT2D eigenvalue weighted by Gasteiger charge is -2.27. The molecule has 2 atom stereocenters. The first-order valence-electron chi connectivity index (χ1n) is 8.83. The molecule has 2 amide bonds. The lowest BCUT2D eigenvalue weighted by Crippen LogP contribution is -2.50. The number of hydrogen-bond acceptors (Lipinski definition) is 4. The Morgan fingerprint density at radius 3 is 2.48 bits per heavy atom. The fourth-order valence-electron chi connectivity index (χ4n) is 2.77. The third-order valence-electron chi connectivity index (χ3n) is 4.31. The lowest BCUT2D eigenvalue weighted by molar-refractivity contribution is -0.124. The van der Waals surface area contributed by atoms with Gasteiger partial charge in [0, 0.05) is 6.54 Å². The van der Waals surface area contributed by atoms with Gasteiger partial charge in [0.15, 0.2) is 0 Å². The van der Waals surface area contributed by atoms with E-state index in [-0.39, 0.29) is 29.6 Å². The van der Waals surface area contributed by atoms with Crippen molar-refractivity contribution in [2.45, 2.75) is 25.9 Å². The number of nitrogens with zero attached hydrogens (tertiary/aromatic N) is 1. The smallest absolute Gasteiger partial charge is 0.262 e. The van der Waals surface area contributed by atoms with Crippen LogP contribution in [0.25, 0.3) is 0 Å². The summed E-state index contributed by atoms with van der Waals surface area (Å²) >= 11 is 1.33. The fourth-order valence-corrected chi connectivity index (χ4v) is 3.40. The van der Waals surface area contributed by atoms with E-state index >= 15 is 0 Å². The van der Waals surface area contributed by atoms with Gasteiger partial charge in [-0.3, -0.25) is 9.59 Å². The van der Waals surface area contributed by atoms with Gasteiger partial charge in [-0.2, -0.15) is 0 Å². The van der Waals surface area contributed by atoms with E-state index in [2.05, 4.69) is 10.6 Å². The summed E-state index contributed by atoms with van der Waals surface area (Å²) in [5.41, 5.74) is 0.781. The number of carbonyl (C=O) groups excluding carboxylic acids is 2. The molecule has 1 aromatic heterocycles. The molecule has 0 spiro atoms. The van der Waals surface area contributed by atoms with Crippen LogP contribution in [0.3, 0.4) is 0 Å². The van der Waals surface area contributed by atoms with Crippen LogP contribution in [0.2, 0.25) is 0 Å². The quantitative estimate of drug-likeness (QED) is 0.727. The summed E-state index contributed by atoms with van der Waals surface area (Å²) in [4.78, 5) is 27.5. The molecule has 1 aromatic carbocycles. The van der Waals surface area contributed by atoms with Crippen LogP contribution in [0.5, 0.6) is 0 Å². The van der Waals surface area contributed by atoms with Gasteiger partial charge in [0.2, 0.25) is 5.91 Å². The van der Waals surface area contributed by atoms with E-state index in [1.165, 1.54) is 23.5 Å². The van der Waals surface area contributed by atoms with Crippen molar-refractivity contribution >= 4 is 23.2 Å². The zero-order chi connectivity index (χ0) is 20.0. The monoisotopic (exact) mass is 391 g/mol. The molecular formula is C20H26FN3O2S. The second-order valence-electron chi connectivity index (χ2n) is 6.95. The topological polar surface area (TPSA) is 61.4 Å². The van der Waals surface area contributed by atoms with E-state index in [1.807, 2.05) is 44.3 Å². The van der Waals surface area contributed by atoms with Crippen LogP contribution < -0.4 is 10.6 Å². The second-order valence-corrected chi connectivity index (χ2v) is 7.90. The van der Waals surface area contributed by atoms with Gasteiger partial charge in [0.25, 0.3) is 5.91 Å². The molecule has 1 heterocycles. The highest BCUT2D eigenvalue weighted by molar-refractivity contribution is 7.12. The van der Waals surface area contributed by atoms with Gasteiger partial charge in [0.05, 0.1) is 10.9 Å². The van der Waals surface area contributed by atoms with Crippen molar-refractivity contribution in [1.29, 1.82) is 0 Å². The van der Waals surface area contributed by atoms with Gasteiger partial charge in [-0.15, -0.1) is 11.3 Å². The number of amides is 2. The van der Waals surface area contributed by atoms with Gasteiger partial charge in [0.1, 0.15) is 11.9 Å². The number of rotatable bonds is 8. The minimum atomic E-state index is -0.644. The summed E-state index contributed by atoms with van der Waals surface area (Å²) in [5.74, 6) is -0.888. The standard InChI is InChI=1S/C20H26FN3O2S/c1-13(2)18(23-19(25)17-9-6-10-27-17)20(26)22-12-16(24(3)4)14-7-5-8-15(21)11-14/h5-11,13,16,18H,12H2,1-4H3,(H,22,26)(H,23,25). The van der Waals surface area contributed by atoms with Gasteiger partial charge in [-0.25, -0.2) is 4.39 Å². The number of halogens is 1. The molecule has 2 aromatic rings. The van der Waals surface area contributed by atoms with Crippen molar-refractivity contribution in [2.75, 3.05) is 20.6 Å². The Kier molecular flexibility index (Phi) is 7.50. The highest BCUT2D eigenvalue weighted by atomic mass is 32.1. The Balaban J connectivity index is 2.04. The molecule has 0 aliphatic rings. The summed E-state index contributed by atoms with van der Waals surface area (Å²) in [6.07, 6.45) is 0. The van der Waals surface area contributed by atoms with Crippen molar-refractivity contribution in [3.63, 3.8) is 0 Å². The zero-order valence-corrected chi connectivity index (χ0v) is 16.8. The summed E-state index contributed by atoms with van der Waals surface area (Å²) in [7, 11) is 3.75. The number of nitrogens with one attached hydrogen (secondary N) is 2. The molecule has 2 unspecified atom stereocenters. The number of benzene rings is 1. The van der Waals surface area contributed by atoms with Crippen molar-refractivity contribution in [3.8, 4) is 0 Å². The number of carbonyl (C=O) groups is 2. The van der Waals surface area contributed by atoms with Crippen molar-refractivity contribution in [1.82, 2.24) is 15.5 Å². The molecule has 0 saturated carbocycles. The van der Waals surface area contributed by atoms with Gasteiger partial charge in [-0.1, -0.05) is 32.0 Å². The summed E-state index contributed by atoms with van der Waals surface area (Å²) in [5, 5.41) is 7.53. The molecular weight excluding hydrogens is 365 g/mol. The van der Waals surface area contributed by atoms with Crippen molar-refractivity contribution in [2.24, 2.45) is 5.92 Å². The predicted octanol–water partition coefficient (Wildman–Crippen LogP) is 3.06. The molecule has 0 aliphatic heterocycles. The molecule has 0 bridgehead atoms. The molecule has 5 nitrogen and oxygen atoms in total. The van der Waals surface area contributed by atoms with Crippen LogP contribution in [0.4, 0.5) is 4.39 Å². The first-order valence-corrected chi connectivity index (χ1v) is 9.71. The van der Waals surface area contributed by atoms with Crippen LogP contribution in [-0.2, 0) is 4.79 Å². The molecule has 0 aliphatic carbocycles. The van der Waals surface area contributed by atoms with Crippen LogP contribution in [0.15, 0.2) is 41.8 Å². The molecule has 0 saturated heterocycles. The second kappa shape index (κ2) is 9.62. The third kappa shape index (κ3) is 5.87. The third-order valence-corrected chi connectivity index (χ3v) is 5.18. The highest BCUT2D eigenvalue weighted by Crippen LogP contribution is 2.18. The normalized spacial score (nSPS) is 13.4.